The largest absolute Gasteiger partial charge is 0.350 e. The highest BCUT2D eigenvalue weighted by Crippen LogP contribution is 2.16. The summed E-state index contributed by atoms with van der Waals surface area (Å²) in [6, 6.07) is 8.05. The molecule has 0 saturated carbocycles. The summed E-state index contributed by atoms with van der Waals surface area (Å²) in [6.07, 6.45) is 2.15. The fraction of sp³-hybridized carbons (Fsp3) is 0.444. The van der Waals surface area contributed by atoms with E-state index < -0.39 is 0 Å². The summed E-state index contributed by atoms with van der Waals surface area (Å²) in [5.74, 6) is 0.0720. The molecular weight excluding hydrogens is 318 g/mol. The summed E-state index contributed by atoms with van der Waals surface area (Å²) >= 11 is 0. The smallest absolute Gasteiger partial charge is 0.273 e. The summed E-state index contributed by atoms with van der Waals surface area (Å²) in [6.45, 7) is 6.49. The molecule has 0 spiro atoms. The topological polar surface area (TPSA) is 80.1 Å². The lowest BCUT2D eigenvalue weighted by molar-refractivity contribution is -0.127. The van der Waals surface area contributed by atoms with Crippen LogP contribution in [0.25, 0.3) is 0 Å². The van der Waals surface area contributed by atoms with Gasteiger partial charge in [-0.2, -0.15) is 0 Å². The van der Waals surface area contributed by atoms with E-state index in [-0.39, 0.29) is 17.7 Å². The summed E-state index contributed by atoms with van der Waals surface area (Å²) in [4.78, 5) is 25.8. The maximum atomic E-state index is 12.2. The number of rotatable bonds is 6. The third-order valence-electron chi connectivity index (χ3n) is 4.59. The van der Waals surface area contributed by atoms with E-state index in [9.17, 15) is 9.59 Å². The predicted molar refractivity (Wildman–Crippen MR) is 93.0 cm³/mol. The molecule has 7 nitrogen and oxygen atoms in total. The fourth-order valence-electron chi connectivity index (χ4n) is 3.07. The predicted octanol–water partition coefficient (Wildman–Crippen LogP) is 1.23. The molecule has 0 bridgehead atoms. The summed E-state index contributed by atoms with van der Waals surface area (Å²) in [5.41, 5.74) is 2.61. The molecule has 0 aliphatic carbocycles. The Kier molecular flexibility index (Phi) is 5.11. The van der Waals surface area contributed by atoms with E-state index in [1.807, 2.05) is 43.0 Å². The SMILES string of the molecule is CCN1CC(CNC(=O)c2cn(Cc3ccccc3C)nn2)CC1=O. The molecule has 1 N–H and O–H groups in total. The molecule has 1 atom stereocenters. The number of carbonyl (C=O) groups excluding carboxylic acids is 2. The molecule has 1 aromatic heterocycles. The lowest BCUT2D eigenvalue weighted by atomic mass is 10.1. The van der Waals surface area contributed by atoms with Crippen LogP contribution < -0.4 is 5.32 Å². The Hall–Kier alpha value is -2.70. The molecule has 1 saturated heterocycles. The normalized spacial score (nSPS) is 17.1. The Balaban J connectivity index is 1.54. The number of nitrogens with one attached hydrogen (secondary N) is 1. The van der Waals surface area contributed by atoms with Gasteiger partial charge in [0.25, 0.3) is 5.91 Å². The highest BCUT2D eigenvalue weighted by Gasteiger charge is 2.28. The lowest BCUT2D eigenvalue weighted by Crippen LogP contribution is -2.31. The molecule has 1 aliphatic rings. The van der Waals surface area contributed by atoms with Crippen LogP contribution in [0.5, 0.6) is 0 Å². The molecule has 7 heteroatoms. The second-order valence-electron chi connectivity index (χ2n) is 6.44. The molecule has 25 heavy (non-hydrogen) atoms. The quantitative estimate of drug-likeness (QED) is 0.857. The number of aromatic nitrogens is 3. The van der Waals surface area contributed by atoms with Gasteiger partial charge in [-0.05, 0) is 25.0 Å². The highest BCUT2D eigenvalue weighted by atomic mass is 16.2. The van der Waals surface area contributed by atoms with E-state index in [2.05, 4.69) is 15.6 Å². The van der Waals surface area contributed by atoms with Crippen molar-refractivity contribution >= 4 is 11.8 Å². The number of benzene rings is 1. The number of amides is 2. The van der Waals surface area contributed by atoms with Crippen LogP contribution >= 0.6 is 0 Å². The van der Waals surface area contributed by atoms with Crippen molar-refractivity contribution in [1.82, 2.24) is 25.2 Å². The number of likely N-dealkylation sites (tertiary alicyclic amines) is 1. The van der Waals surface area contributed by atoms with Crippen LogP contribution in [0, 0.1) is 12.8 Å². The van der Waals surface area contributed by atoms with E-state index in [0.717, 1.165) is 12.1 Å². The molecule has 3 rings (SSSR count). The molecule has 132 valence electrons. The van der Waals surface area contributed by atoms with Crippen molar-refractivity contribution in [3.05, 3.63) is 47.3 Å². The standard InChI is InChI=1S/C18H23N5O2/c1-3-22-10-14(8-17(22)24)9-19-18(25)16-12-23(21-20-16)11-15-7-5-4-6-13(15)2/h4-7,12,14H,3,8-11H2,1-2H3,(H,19,25). The first kappa shape index (κ1) is 17.1. The molecule has 0 radical (unpaired) electrons. The Morgan fingerprint density at radius 2 is 2.16 bits per heavy atom. The van der Waals surface area contributed by atoms with Crippen LogP contribution in [0.3, 0.4) is 0 Å². The lowest BCUT2D eigenvalue weighted by Gasteiger charge is -2.13. The average molecular weight is 341 g/mol. The van der Waals surface area contributed by atoms with Crippen LogP contribution in [0.2, 0.25) is 0 Å². The third kappa shape index (κ3) is 4.04. The minimum Gasteiger partial charge on any atom is -0.350 e. The van der Waals surface area contributed by atoms with Gasteiger partial charge in [0.1, 0.15) is 0 Å². The van der Waals surface area contributed by atoms with Gasteiger partial charge in [-0.15, -0.1) is 5.10 Å². The zero-order valence-electron chi connectivity index (χ0n) is 14.6. The zero-order valence-corrected chi connectivity index (χ0v) is 14.6. The second kappa shape index (κ2) is 7.46. The number of nitrogens with zero attached hydrogens (tertiary/aromatic N) is 4. The van der Waals surface area contributed by atoms with Gasteiger partial charge in [0.2, 0.25) is 5.91 Å². The van der Waals surface area contributed by atoms with E-state index in [1.54, 1.807) is 10.9 Å². The Labute approximate surface area is 147 Å². The average Bonchev–Trinajstić information content (AvgIpc) is 3.21. The van der Waals surface area contributed by atoms with Gasteiger partial charge in [0.15, 0.2) is 5.69 Å². The van der Waals surface area contributed by atoms with Crippen molar-refractivity contribution in [2.75, 3.05) is 19.6 Å². The van der Waals surface area contributed by atoms with E-state index in [1.165, 1.54) is 5.56 Å². The Bertz CT molecular complexity index is 770. The van der Waals surface area contributed by atoms with Crippen LogP contribution in [0.15, 0.2) is 30.5 Å². The maximum absolute atomic E-state index is 12.2. The summed E-state index contributed by atoms with van der Waals surface area (Å²) < 4.78 is 1.66. The first-order valence-corrected chi connectivity index (χ1v) is 8.57. The van der Waals surface area contributed by atoms with Crippen molar-refractivity contribution < 1.29 is 9.59 Å². The van der Waals surface area contributed by atoms with Gasteiger partial charge in [-0.25, -0.2) is 4.68 Å². The number of aryl methyl sites for hydroxylation is 1. The summed E-state index contributed by atoms with van der Waals surface area (Å²) in [5, 5.41) is 10.9. The third-order valence-corrected chi connectivity index (χ3v) is 4.59. The molecule has 1 aliphatic heterocycles. The van der Waals surface area contributed by atoms with E-state index >= 15 is 0 Å². The minimum absolute atomic E-state index is 0.158. The Morgan fingerprint density at radius 1 is 1.36 bits per heavy atom. The molecule has 2 amide bonds. The van der Waals surface area contributed by atoms with Crippen molar-refractivity contribution in [3.8, 4) is 0 Å². The van der Waals surface area contributed by atoms with Crippen molar-refractivity contribution in [1.29, 1.82) is 0 Å². The monoisotopic (exact) mass is 341 g/mol. The molecular formula is C18H23N5O2. The first-order chi connectivity index (χ1) is 12.1. The number of hydrogen-bond donors (Lipinski definition) is 1. The Morgan fingerprint density at radius 3 is 2.88 bits per heavy atom. The number of hydrogen-bond acceptors (Lipinski definition) is 4. The van der Waals surface area contributed by atoms with Crippen LogP contribution in [-0.4, -0.2) is 51.3 Å². The molecule has 1 unspecified atom stereocenters. The molecule has 1 aromatic carbocycles. The van der Waals surface area contributed by atoms with Gasteiger partial charge in [0, 0.05) is 32.0 Å². The van der Waals surface area contributed by atoms with Crippen molar-refractivity contribution in [3.63, 3.8) is 0 Å². The van der Waals surface area contributed by atoms with Gasteiger partial charge >= 0.3 is 0 Å². The van der Waals surface area contributed by atoms with Crippen molar-refractivity contribution in [2.45, 2.75) is 26.8 Å². The first-order valence-electron chi connectivity index (χ1n) is 8.57. The van der Waals surface area contributed by atoms with Crippen molar-refractivity contribution in [2.24, 2.45) is 5.92 Å². The van der Waals surface area contributed by atoms with Gasteiger partial charge in [0.05, 0.1) is 12.7 Å². The van der Waals surface area contributed by atoms with Gasteiger partial charge < -0.3 is 10.2 Å². The fourth-order valence-corrected chi connectivity index (χ4v) is 3.07. The van der Waals surface area contributed by atoms with Gasteiger partial charge in [-0.1, -0.05) is 29.5 Å². The van der Waals surface area contributed by atoms with Crippen LogP contribution in [0.4, 0.5) is 0 Å². The minimum atomic E-state index is -0.251. The van der Waals surface area contributed by atoms with E-state index in [0.29, 0.717) is 31.7 Å². The van der Waals surface area contributed by atoms with Gasteiger partial charge in [-0.3, -0.25) is 9.59 Å². The molecule has 2 aromatic rings. The second-order valence-corrected chi connectivity index (χ2v) is 6.44. The van der Waals surface area contributed by atoms with Crippen LogP contribution in [0.1, 0.15) is 35.0 Å². The summed E-state index contributed by atoms with van der Waals surface area (Å²) in [7, 11) is 0. The highest BCUT2D eigenvalue weighted by molar-refractivity contribution is 5.91. The van der Waals surface area contributed by atoms with Crippen LogP contribution in [-0.2, 0) is 11.3 Å². The molecule has 2 heterocycles. The number of carbonyl (C=O) groups is 2. The maximum Gasteiger partial charge on any atom is 0.273 e. The zero-order chi connectivity index (χ0) is 17.8. The molecule has 1 fully saturated rings. The van der Waals surface area contributed by atoms with E-state index in [4.69, 9.17) is 0 Å².